The summed E-state index contributed by atoms with van der Waals surface area (Å²) in [5.74, 6) is 0. The van der Waals surface area contributed by atoms with Gasteiger partial charge in [-0.05, 0) is 38.5 Å². The zero-order chi connectivity index (χ0) is 11.5. The fraction of sp³-hybridized carbons (Fsp3) is 0.538. The predicted octanol–water partition coefficient (Wildman–Crippen LogP) is 3.03. The smallest absolute Gasteiger partial charge is 0.0378 e. The van der Waals surface area contributed by atoms with E-state index in [0.717, 1.165) is 17.6 Å². The van der Waals surface area contributed by atoms with Gasteiger partial charge in [0, 0.05) is 35.3 Å². The van der Waals surface area contributed by atoms with Crippen molar-refractivity contribution in [1.29, 1.82) is 0 Å². The van der Waals surface area contributed by atoms with Crippen molar-refractivity contribution >= 4 is 21.6 Å². The van der Waals surface area contributed by atoms with E-state index in [1.807, 2.05) is 0 Å². The van der Waals surface area contributed by atoms with Gasteiger partial charge < -0.3 is 10.2 Å². The maximum absolute atomic E-state index is 3.60. The number of nitrogens with zero attached hydrogens (tertiary/aromatic N) is 1. The molecular weight excluding hydrogens is 264 g/mol. The molecule has 1 aromatic rings. The molecule has 1 aliphatic heterocycles. The van der Waals surface area contributed by atoms with Gasteiger partial charge >= 0.3 is 0 Å². The Balaban J connectivity index is 2.14. The first-order valence-electron chi connectivity index (χ1n) is 5.91. The van der Waals surface area contributed by atoms with Crippen molar-refractivity contribution in [2.75, 3.05) is 18.0 Å². The molecule has 1 N–H and O–H groups in total. The van der Waals surface area contributed by atoms with Crippen LogP contribution in [-0.4, -0.2) is 25.2 Å². The first-order valence-corrected chi connectivity index (χ1v) is 6.71. The van der Waals surface area contributed by atoms with Gasteiger partial charge in [0.15, 0.2) is 0 Å². The summed E-state index contributed by atoms with van der Waals surface area (Å²) in [7, 11) is 0. The van der Waals surface area contributed by atoms with Crippen molar-refractivity contribution in [3.63, 3.8) is 0 Å². The SMILES string of the molecule is CC1CCN(c2cccc(Br)c2)CC(C)N1. The largest absolute Gasteiger partial charge is 0.370 e. The molecule has 1 aliphatic rings. The Morgan fingerprint density at radius 1 is 1.31 bits per heavy atom. The second kappa shape index (κ2) is 5.19. The first-order chi connectivity index (χ1) is 7.65. The molecule has 0 saturated carbocycles. The average molecular weight is 283 g/mol. The number of halogens is 1. The molecule has 16 heavy (non-hydrogen) atoms. The van der Waals surface area contributed by atoms with Crippen LogP contribution >= 0.6 is 15.9 Å². The second-order valence-corrected chi connectivity index (χ2v) is 5.60. The minimum atomic E-state index is 0.552. The lowest BCUT2D eigenvalue weighted by atomic mass is 10.2. The first kappa shape index (κ1) is 11.9. The van der Waals surface area contributed by atoms with Gasteiger partial charge in [0.2, 0.25) is 0 Å². The highest BCUT2D eigenvalue weighted by Gasteiger charge is 2.18. The predicted molar refractivity (Wildman–Crippen MR) is 73.0 cm³/mol. The summed E-state index contributed by atoms with van der Waals surface area (Å²) in [6.45, 7) is 6.74. The van der Waals surface area contributed by atoms with Gasteiger partial charge in [-0.25, -0.2) is 0 Å². The Hall–Kier alpha value is -0.540. The van der Waals surface area contributed by atoms with E-state index >= 15 is 0 Å². The van der Waals surface area contributed by atoms with Crippen molar-refractivity contribution in [3.8, 4) is 0 Å². The number of nitrogens with one attached hydrogen (secondary N) is 1. The van der Waals surface area contributed by atoms with Gasteiger partial charge in [0.05, 0.1) is 0 Å². The molecule has 0 aromatic heterocycles. The number of anilines is 1. The number of hydrogen-bond acceptors (Lipinski definition) is 2. The third-order valence-electron chi connectivity index (χ3n) is 3.07. The summed E-state index contributed by atoms with van der Waals surface area (Å²) in [5, 5.41) is 3.60. The van der Waals surface area contributed by atoms with E-state index in [9.17, 15) is 0 Å². The zero-order valence-electron chi connectivity index (χ0n) is 9.91. The van der Waals surface area contributed by atoms with E-state index < -0.39 is 0 Å². The minimum Gasteiger partial charge on any atom is -0.370 e. The standard InChI is InChI=1S/C13H19BrN2/c1-10-6-7-16(9-11(2)15-10)13-5-3-4-12(14)8-13/h3-5,8,10-11,15H,6-7,9H2,1-2H3. The lowest BCUT2D eigenvalue weighted by molar-refractivity contribution is 0.492. The molecule has 1 saturated heterocycles. The molecule has 1 heterocycles. The molecule has 0 radical (unpaired) electrons. The highest BCUT2D eigenvalue weighted by molar-refractivity contribution is 9.10. The van der Waals surface area contributed by atoms with Crippen molar-refractivity contribution in [3.05, 3.63) is 28.7 Å². The number of hydrogen-bond donors (Lipinski definition) is 1. The summed E-state index contributed by atoms with van der Waals surface area (Å²) in [4.78, 5) is 2.46. The maximum atomic E-state index is 3.60. The van der Waals surface area contributed by atoms with Crippen LogP contribution in [0.1, 0.15) is 20.3 Å². The van der Waals surface area contributed by atoms with E-state index in [4.69, 9.17) is 0 Å². The van der Waals surface area contributed by atoms with Crippen LogP contribution < -0.4 is 10.2 Å². The van der Waals surface area contributed by atoms with Gasteiger partial charge in [-0.2, -0.15) is 0 Å². The van der Waals surface area contributed by atoms with Crippen LogP contribution in [-0.2, 0) is 0 Å². The van der Waals surface area contributed by atoms with Crippen LogP contribution in [0.4, 0.5) is 5.69 Å². The molecule has 88 valence electrons. The van der Waals surface area contributed by atoms with Crippen molar-refractivity contribution < 1.29 is 0 Å². The molecule has 2 atom stereocenters. The second-order valence-electron chi connectivity index (χ2n) is 4.68. The summed E-state index contributed by atoms with van der Waals surface area (Å²) in [5.41, 5.74) is 1.32. The fourth-order valence-electron chi connectivity index (χ4n) is 2.30. The third kappa shape index (κ3) is 2.98. The Morgan fingerprint density at radius 2 is 2.12 bits per heavy atom. The number of rotatable bonds is 1. The van der Waals surface area contributed by atoms with Gasteiger partial charge in [-0.3, -0.25) is 0 Å². The van der Waals surface area contributed by atoms with Gasteiger partial charge in [0.1, 0.15) is 0 Å². The van der Waals surface area contributed by atoms with E-state index in [0.29, 0.717) is 12.1 Å². The molecular formula is C13H19BrN2. The molecule has 2 nitrogen and oxygen atoms in total. The Labute approximate surface area is 106 Å². The van der Waals surface area contributed by atoms with Crippen LogP contribution in [0, 0.1) is 0 Å². The van der Waals surface area contributed by atoms with Gasteiger partial charge in [-0.1, -0.05) is 22.0 Å². The maximum Gasteiger partial charge on any atom is 0.0378 e. The molecule has 1 fully saturated rings. The molecule has 0 spiro atoms. The van der Waals surface area contributed by atoms with Gasteiger partial charge in [-0.15, -0.1) is 0 Å². The normalized spacial score (nSPS) is 26.6. The highest BCUT2D eigenvalue weighted by atomic mass is 79.9. The Bertz CT molecular complexity index is 354. The topological polar surface area (TPSA) is 15.3 Å². The Kier molecular flexibility index (Phi) is 3.87. The van der Waals surface area contributed by atoms with E-state index in [2.05, 4.69) is 64.3 Å². The van der Waals surface area contributed by atoms with E-state index in [-0.39, 0.29) is 0 Å². The lowest BCUT2D eigenvalue weighted by Gasteiger charge is -2.24. The van der Waals surface area contributed by atoms with E-state index in [1.165, 1.54) is 12.1 Å². The summed E-state index contributed by atoms with van der Waals surface area (Å²) in [6.07, 6.45) is 1.21. The molecule has 3 heteroatoms. The monoisotopic (exact) mass is 282 g/mol. The Morgan fingerprint density at radius 3 is 2.88 bits per heavy atom. The summed E-state index contributed by atoms with van der Waals surface area (Å²) in [6, 6.07) is 9.73. The average Bonchev–Trinajstić information content (AvgIpc) is 2.39. The highest BCUT2D eigenvalue weighted by Crippen LogP contribution is 2.21. The van der Waals surface area contributed by atoms with Crippen LogP contribution in [0.3, 0.4) is 0 Å². The minimum absolute atomic E-state index is 0.552. The van der Waals surface area contributed by atoms with Crippen LogP contribution in [0.5, 0.6) is 0 Å². The van der Waals surface area contributed by atoms with Crippen LogP contribution in [0.15, 0.2) is 28.7 Å². The molecule has 1 aromatic carbocycles. The summed E-state index contributed by atoms with van der Waals surface area (Å²) < 4.78 is 1.16. The molecule has 2 unspecified atom stereocenters. The quantitative estimate of drug-likeness (QED) is 0.852. The zero-order valence-corrected chi connectivity index (χ0v) is 11.5. The third-order valence-corrected chi connectivity index (χ3v) is 3.56. The lowest BCUT2D eigenvalue weighted by Crippen LogP contribution is -2.37. The van der Waals surface area contributed by atoms with E-state index in [1.54, 1.807) is 0 Å². The fourth-order valence-corrected chi connectivity index (χ4v) is 2.69. The van der Waals surface area contributed by atoms with Crippen molar-refractivity contribution in [1.82, 2.24) is 5.32 Å². The molecule has 2 rings (SSSR count). The number of benzene rings is 1. The van der Waals surface area contributed by atoms with Crippen molar-refractivity contribution in [2.24, 2.45) is 0 Å². The molecule has 0 aliphatic carbocycles. The van der Waals surface area contributed by atoms with Crippen molar-refractivity contribution in [2.45, 2.75) is 32.4 Å². The van der Waals surface area contributed by atoms with Crippen LogP contribution in [0.25, 0.3) is 0 Å². The molecule has 0 amide bonds. The molecule has 0 bridgehead atoms. The van der Waals surface area contributed by atoms with Crippen LogP contribution in [0.2, 0.25) is 0 Å². The summed E-state index contributed by atoms with van der Waals surface area (Å²) >= 11 is 3.53. The van der Waals surface area contributed by atoms with Gasteiger partial charge in [0.25, 0.3) is 0 Å².